The maximum Gasteiger partial charge on any atom is 0.0567 e. The number of hydrogen-bond donors (Lipinski definition) is 2. The van der Waals surface area contributed by atoms with E-state index >= 15 is 0 Å². The lowest BCUT2D eigenvalue weighted by atomic mass is 9.89. The number of pyridine rings is 1. The lowest BCUT2D eigenvalue weighted by molar-refractivity contribution is 0.597. The van der Waals surface area contributed by atoms with E-state index in [0.717, 1.165) is 50.6 Å². The lowest BCUT2D eigenvalue weighted by Gasteiger charge is -2.32. The van der Waals surface area contributed by atoms with Crippen molar-refractivity contribution in [1.82, 2.24) is 19.9 Å². The Balaban J connectivity index is 0.907. The molecule has 0 spiro atoms. The molecule has 5 nitrogen and oxygen atoms in total. The third-order valence-electron chi connectivity index (χ3n) is 13.3. The normalized spacial score (nSPS) is 17.9. The highest BCUT2D eigenvalue weighted by Crippen LogP contribution is 2.46. The van der Waals surface area contributed by atoms with Crippen LogP contribution in [0.4, 0.5) is 5.69 Å². The predicted molar refractivity (Wildman–Crippen MR) is 279 cm³/mol. The first-order valence-electron chi connectivity index (χ1n) is 22.4. The van der Waals surface area contributed by atoms with Gasteiger partial charge in [-0.2, -0.15) is 0 Å². The van der Waals surface area contributed by atoms with Crippen molar-refractivity contribution in [2.45, 2.75) is 12.0 Å². The maximum absolute atomic E-state index is 4.84. The van der Waals surface area contributed by atoms with Crippen molar-refractivity contribution >= 4 is 86.4 Å². The molecule has 2 unspecified atom stereocenters. The smallest absolute Gasteiger partial charge is 0.0567 e. The van der Waals surface area contributed by atoms with Crippen molar-refractivity contribution in [2.75, 3.05) is 4.90 Å². The van der Waals surface area contributed by atoms with E-state index in [1.807, 2.05) is 41.8 Å². The standard InChI is InChI=1S/C60H41N5S/c1-38-14-11-13-33-64(42-24-28-54(62-41-15-4-2-3-5-16-41)50(36-42)51-19-10-12-32-61-51)57-30-26-46-49-37-43(25-31-58(49)66-60(46)59(38)57)65-55-21-9-7-18-45(55)48-35-40(23-29-56(48)65)39-22-27-53-47(34-39)44-17-6-8-20-52(44)63-53/h2,4-37,50,54,62-63H,1H2/b14-11-,33-13-. The number of H-pyrrole nitrogens is 1. The van der Waals surface area contributed by atoms with Crippen LogP contribution in [-0.4, -0.2) is 20.6 Å². The van der Waals surface area contributed by atoms with Gasteiger partial charge in [-0.1, -0.05) is 91.5 Å². The Hall–Kier alpha value is -8.41. The Morgan fingerprint density at radius 3 is 2.42 bits per heavy atom. The second kappa shape index (κ2) is 15.4. The van der Waals surface area contributed by atoms with Crippen LogP contribution in [0.1, 0.15) is 17.2 Å². The van der Waals surface area contributed by atoms with E-state index in [-0.39, 0.29) is 12.0 Å². The molecule has 2 aliphatic carbocycles. The first kappa shape index (κ1) is 38.1. The third-order valence-corrected chi connectivity index (χ3v) is 14.5. The largest absolute Gasteiger partial charge is 0.378 e. The minimum Gasteiger partial charge on any atom is -0.378 e. The molecule has 0 saturated heterocycles. The molecule has 0 fully saturated rings. The summed E-state index contributed by atoms with van der Waals surface area (Å²) in [6.45, 7) is 4.66. The zero-order valence-electron chi connectivity index (χ0n) is 35.8. The summed E-state index contributed by atoms with van der Waals surface area (Å²) in [5, 5.41) is 11.2. The van der Waals surface area contributed by atoms with Gasteiger partial charge in [0.25, 0.3) is 0 Å². The van der Waals surface area contributed by atoms with E-state index in [9.17, 15) is 0 Å². The summed E-state index contributed by atoms with van der Waals surface area (Å²) in [6.07, 6.45) is 27.2. The third kappa shape index (κ3) is 6.27. The Labute approximate surface area is 385 Å². The van der Waals surface area contributed by atoms with Gasteiger partial charge in [0.05, 0.1) is 22.8 Å². The Kier molecular flexibility index (Phi) is 8.88. The second-order valence-electron chi connectivity index (χ2n) is 17.1. The monoisotopic (exact) mass is 863 g/mol. The van der Waals surface area contributed by atoms with Gasteiger partial charge in [0.2, 0.25) is 0 Å². The molecule has 66 heavy (non-hydrogen) atoms. The molecule has 312 valence electrons. The van der Waals surface area contributed by atoms with Gasteiger partial charge in [-0.15, -0.1) is 17.1 Å². The SMILES string of the molecule is C=C1/C=C\C=C/N(C2=CC(c3ccccn3)C(NC3=CC=C=CC=C3)C=C2)c2ccc3c(sc4ccc(-n5c6ccccc6c6cc(-c7ccc8[nH]c9ccccc9c8c7)ccc65)cc43)c21. The maximum atomic E-state index is 4.84. The van der Waals surface area contributed by atoms with Crippen LogP contribution in [0.3, 0.4) is 0 Å². The number of para-hydroxylation sites is 2. The van der Waals surface area contributed by atoms with Gasteiger partial charge < -0.3 is 19.8 Å². The van der Waals surface area contributed by atoms with Crippen LogP contribution in [0.25, 0.3) is 86.2 Å². The van der Waals surface area contributed by atoms with Crippen LogP contribution >= 0.6 is 11.3 Å². The van der Waals surface area contributed by atoms with Crippen molar-refractivity contribution in [2.24, 2.45) is 0 Å². The number of benzene rings is 6. The predicted octanol–water partition coefficient (Wildman–Crippen LogP) is 15.1. The number of nitrogens with one attached hydrogen (secondary N) is 2. The van der Waals surface area contributed by atoms with Crippen LogP contribution in [0.5, 0.6) is 0 Å². The van der Waals surface area contributed by atoms with Gasteiger partial charge in [-0.25, -0.2) is 0 Å². The topological polar surface area (TPSA) is 48.9 Å². The zero-order chi connectivity index (χ0) is 43.7. The molecule has 13 rings (SSSR count). The molecular weight excluding hydrogens is 823 g/mol. The van der Waals surface area contributed by atoms with Gasteiger partial charge >= 0.3 is 0 Å². The summed E-state index contributed by atoms with van der Waals surface area (Å²) >= 11 is 1.84. The van der Waals surface area contributed by atoms with E-state index in [0.29, 0.717) is 0 Å². The number of anilines is 1. The molecule has 0 amide bonds. The molecule has 1 aliphatic heterocycles. The fourth-order valence-electron chi connectivity index (χ4n) is 10.2. The van der Waals surface area contributed by atoms with Crippen LogP contribution in [-0.2, 0) is 0 Å². The van der Waals surface area contributed by atoms with Gasteiger partial charge in [0, 0.05) is 99.4 Å². The quantitative estimate of drug-likeness (QED) is 0.164. The number of aromatic nitrogens is 3. The molecule has 6 aromatic carbocycles. The molecule has 0 radical (unpaired) electrons. The van der Waals surface area contributed by atoms with Crippen LogP contribution in [0.15, 0.2) is 236 Å². The van der Waals surface area contributed by atoms with Crippen molar-refractivity contribution < 1.29 is 0 Å². The van der Waals surface area contributed by atoms with Gasteiger partial charge in [-0.3, -0.25) is 4.98 Å². The molecule has 2 atom stereocenters. The van der Waals surface area contributed by atoms with Crippen LogP contribution in [0.2, 0.25) is 0 Å². The molecule has 0 saturated carbocycles. The highest BCUT2D eigenvalue weighted by molar-refractivity contribution is 7.26. The summed E-state index contributed by atoms with van der Waals surface area (Å²) in [7, 11) is 0. The summed E-state index contributed by atoms with van der Waals surface area (Å²) in [6, 6.07) is 48.7. The number of hydrogen-bond acceptors (Lipinski definition) is 4. The molecule has 2 N–H and O–H groups in total. The van der Waals surface area contributed by atoms with Crippen molar-refractivity contribution in [3.8, 4) is 16.8 Å². The first-order valence-corrected chi connectivity index (χ1v) is 23.2. The fraction of sp³-hybridized carbons (Fsp3) is 0.0333. The summed E-state index contributed by atoms with van der Waals surface area (Å²) in [5.74, 6) is -0.0182. The summed E-state index contributed by atoms with van der Waals surface area (Å²) in [5.41, 5.74) is 17.7. The molecule has 5 heterocycles. The fourth-order valence-corrected chi connectivity index (χ4v) is 11.4. The average molecular weight is 864 g/mol. The molecule has 6 heteroatoms. The Morgan fingerprint density at radius 1 is 0.667 bits per heavy atom. The van der Waals surface area contributed by atoms with E-state index in [1.54, 1.807) is 0 Å². The highest BCUT2D eigenvalue weighted by Gasteiger charge is 2.28. The number of allylic oxidation sites excluding steroid dienone is 9. The van der Waals surface area contributed by atoms with Crippen molar-refractivity contribution in [3.63, 3.8) is 0 Å². The van der Waals surface area contributed by atoms with Crippen molar-refractivity contribution in [1.29, 1.82) is 0 Å². The first-order chi connectivity index (χ1) is 32.6. The van der Waals surface area contributed by atoms with Gasteiger partial charge in [-0.05, 0) is 132 Å². The molecule has 4 aromatic heterocycles. The summed E-state index contributed by atoms with van der Waals surface area (Å²) in [4.78, 5) is 10.7. The number of thiophene rings is 1. The molecular formula is C60H41N5S. The minimum absolute atomic E-state index is 0.00377. The zero-order valence-corrected chi connectivity index (χ0v) is 36.6. The number of rotatable bonds is 6. The van der Waals surface area contributed by atoms with E-state index in [1.165, 1.54) is 63.9 Å². The Morgan fingerprint density at radius 2 is 1.50 bits per heavy atom. The second-order valence-corrected chi connectivity index (χ2v) is 18.2. The van der Waals surface area contributed by atoms with E-state index in [4.69, 9.17) is 4.98 Å². The molecule has 10 aromatic rings. The average Bonchev–Trinajstić information content (AvgIpc) is 3.95. The van der Waals surface area contributed by atoms with Crippen molar-refractivity contribution in [3.05, 3.63) is 248 Å². The van der Waals surface area contributed by atoms with Crippen LogP contribution in [0, 0.1) is 0 Å². The summed E-state index contributed by atoms with van der Waals surface area (Å²) < 4.78 is 4.90. The Bertz CT molecular complexity index is 3930. The highest BCUT2D eigenvalue weighted by atomic mass is 32.1. The van der Waals surface area contributed by atoms with E-state index < -0.39 is 0 Å². The van der Waals surface area contributed by atoms with Gasteiger partial charge in [0.1, 0.15) is 0 Å². The van der Waals surface area contributed by atoms with E-state index in [2.05, 4.69) is 214 Å². The number of nitrogens with zero attached hydrogens (tertiary/aromatic N) is 3. The van der Waals surface area contributed by atoms with Crippen LogP contribution < -0.4 is 10.2 Å². The molecule has 3 aliphatic rings. The number of aromatic amines is 1. The minimum atomic E-state index is -0.0182. The lowest BCUT2D eigenvalue weighted by Crippen LogP contribution is -2.35. The molecule has 0 bridgehead atoms. The number of fused-ring (bicyclic) bond motifs is 11. The van der Waals surface area contributed by atoms with Gasteiger partial charge in [0.15, 0.2) is 0 Å².